The third-order valence-corrected chi connectivity index (χ3v) is 5.90. The third kappa shape index (κ3) is 2.80. The van der Waals surface area contributed by atoms with Gasteiger partial charge in [0.05, 0.1) is 23.9 Å². The molecule has 1 N–H and O–H groups in total. The molecule has 0 unspecified atom stereocenters. The molecule has 25 heavy (non-hydrogen) atoms. The number of carbonyl (C=O) groups is 1. The zero-order valence-electron chi connectivity index (χ0n) is 14.6. The third-order valence-electron chi connectivity index (χ3n) is 4.85. The maximum atomic E-state index is 12.9. The molecule has 6 heteroatoms. The first-order valence-corrected chi connectivity index (χ1v) is 9.29. The first-order valence-electron chi connectivity index (χ1n) is 8.47. The minimum atomic E-state index is -0.0545. The van der Waals surface area contributed by atoms with Gasteiger partial charge in [-0.3, -0.25) is 4.79 Å². The lowest BCUT2D eigenvalue weighted by Gasteiger charge is -2.22. The van der Waals surface area contributed by atoms with Gasteiger partial charge in [-0.1, -0.05) is 0 Å². The molecule has 0 fully saturated rings. The Kier molecular flexibility index (Phi) is 4.00. The fourth-order valence-electron chi connectivity index (χ4n) is 3.59. The van der Waals surface area contributed by atoms with Crippen LogP contribution in [0.2, 0.25) is 0 Å². The highest BCUT2D eigenvalue weighted by Crippen LogP contribution is 2.33. The molecular weight excluding hydrogens is 334 g/mol. The Morgan fingerprint density at radius 2 is 2.24 bits per heavy atom. The standard InChI is InChI=1S/C19H21N3O2S/c1-11-20-18-14(5-4-6-17(18)25-11)21-19(23)16-10-12-9-13(24-3)7-8-15(12)22(16)2/h7-10,14H,4-6H2,1-3H3,(H,21,23)/t14-/m1/s1. The van der Waals surface area contributed by atoms with E-state index in [0.29, 0.717) is 5.69 Å². The highest BCUT2D eigenvalue weighted by Gasteiger charge is 2.26. The van der Waals surface area contributed by atoms with Gasteiger partial charge in [-0.05, 0) is 50.5 Å². The molecule has 1 amide bonds. The molecule has 1 aromatic carbocycles. The van der Waals surface area contributed by atoms with E-state index in [1.165, 1.54) is 4.88 Å². The fourth-order valence-corrected chi connectivity index (χ4v) is 4.62. The van der Waals surface area contributed by atoms with E-state index in [1.807, 2.05) is 42.8 Å². The molecule has 3 aromatic rings. The second-order valence-corrected chi connectivity index (χ2v) is 7.76. The summed E-state index contributed by atoms with van der Waals surface area (Å²) >= 11 is 1.75. The van der Waals surface area contributed by atoms with Crippen LogP contribution < -0.4 is 10.1 Å². The molecule has 0 spiro atoms. The van der Waals surface area contributed by atoms with E-state index in [2.05, 4.69) is 10.3 Å². The zero-order valence-corrected chi connectivity index (χ0v) is 15.4. The van der Waals surface area contributed by atoms with Crippen LogP contribution in [0.1, 0.15) is 45.0 Å². The fraction of sp³-hybridized carbons (Fsp3) is 0.368. The highest BCUT2D eigenvalue weighted by atomic mass is 32.1. The molecule has 0 bridgehead atoms. The van der Waals surface area contributed by atoms with Gasteiger partial charge in [0.1, 0.15) is 11.4 Å². The van der Waals surface area contributed by atoms with E-state index in [1.54, 1.807) is 18.4 Å². The molecule has 1 aliphatic rings. The molecule has 2 heterocycles. The summed E-state index contributed by atoms with van der Waals surface area (Å²) in [4.78, 5) is 18.9. The molecule has 5 nitrogen and oxygen atoms in total. The number of hydrogen-bond donors (Lipinski definition) is 1. The van der Waals surface area contributed by atoms with E-state index in [0.717, 1.165) is 46.6 Å². The second-order valence-electron chi connectivity index (χ2n) is 6.47. The first-order chi connectivity index (χ1) is 12.1. The van der Waals surface area contributed by atoms with Crippen molar-refractivity contribution in [3.05, 3.63) is 45.5 Å². The zero-order chi connectivity index (χ0) is 17.6. The number of carbonyl (C=O) groups excluding carboxylic acids is 1. The van der Waals surface area contributed by atoms with Crippen molar-refractivity contribution in [3.63, 3.8) is 0 Å². The summed E-state index contributed by atoms with van der Waals surface area (Å²) in [5, 5.41) is 5.26. The van der Waals surface area contributed by atoms with Crippen molar-refractivity contribution in [2.45, 2.75) is 32.2 Å². The molecule has 0 saturated heterocycles. The van der Waals surface area contributed by atoms with E-state index in [4.69, 9.17) is 4.74 Å². The van der Waals surface area contributed by atoms with Gasteiger partial charge in [0.2, 0.25) is 0 Å². The summed E-state index contributed by atoms with van der Waals surface area (Å²) in [6.07, 6.45) is 3.10. The molecule has 2 aromatic heterocycles. The second kappa shape index (κ2) is 6.19. The summed E-state index contributed by atoms with van der Waals surface area (Å²) in [6.45, 7) is 2.03. The number of aromatic nitrogens is 2. The van der Waals surface area contributed by atoms with Crippen molar-refractivity contribution in [1.29, 1.82) is 0 Å². The monoisotopic (exact) mass is 355 g/mol. The molecule has 1 aliphatic carbocycles. The van der Waals surface area contributed by atoms with Crippen molar-refractivity contribution in [2.24, 2.45) is 7.05 Å². The minimum absolute atomic E-state index is 0.00810. The largest absolute Gasteiger partial charge is 0.497 e. The van der Waals surface area contributed by atoms with Crippen LogP contribution in [-0.4, -0.2) is 22.6 Å². The number of aryl methyl sites for hydroxylation is 3. The Morgan fingerprint density at radius 1 is 1.40 bits per heavy atom. The predicted octanol–water partition coefficient (Wildman–Crippen LogP) is 3.76. The number of fused-ring (bicyclic) bond motifs is 2. The van der Waals surface area contributed by atoms with Crippen molar-refractivity contribution in [2.75, 3.05) is 7.11 Å². The number of benzene rings is 1. The van der Waals surface area contributed by atoms with E-state index in [9.17, 15) is 4.79 Å². The van der Waals surface area contributed by atoms with Gasteiger partial charge in [-0.15, -0.1) is 11.3 Å². The smallest absolute Gasteiger partial charge is 0.268 e. The SMILES string of the molecule is COc1ccc2c(c1)cc(C(=O)N[C@@H]1CCCc3sc(C)nc31)n2C. The van der Waals surface area contributed by atoms with Crippen molar-refractivity contribution in [1.82, 2.24) is 14.9 Å². The molecule has 0 saturated carbocycles. The Balaban J connectivity index is 1.63. The Bertz CT molecular complexity index is 957. The van der Waals surface area contributed by atoms with E-state index < -0.39 is 0 Å². The van der Waals surface area contributed by atoms with Crippen LogP contribution in [0.4, 0.5) is 0 Å². The van der Waals surface area contributed by atoms with Crippen molar-refractivity contribution >= 4 is 28.1 Å². The molecule has 0 radical (unpaired) electrons. The van der Waals surface area contributed by atoms with E-state index >= 15 is 0 Å². The minimum Gasteiger partial charge on any atom is -0.497 e. The number of nitrogens with zero attached hydrogens (tertiary/aromatic N) is 2. The average molecular weight is 355 g/mol. The lowest BCUT2D eigenvalue weighted by atomic mass is 9.97. The summed E-state index contributed by atoms with van der Waals surface area (Å²) < 4.78 is 7.21. The first kappa shape index (κ1) is 16.1. The topological polar surface area (TPSA) is 56.1 Å². The average Bonchev–Trinajstić information content (AvgIpc) is 3.14. The molecule has 130 valence electrons. The highest BCUT2D eigenvalue weighted by molar-refractivity contribution is 7.11. The number of ether oxygens (including phenoxy) is 1. The van der Waals surface area contributed by atoms with Gasteiger partial charge in [-0.2, -0.15) is 0 Å². The van der Waals surface area contributed by atoms with Crippen molar-refractivity contribution in [3.8, 4) is 5.75 Å². The van der Waals surface area contributed by atoms with Gasteiger partial charge in [0, 0.05) is 22.8 Å². The summed E-state index contributed by atoms with van der Waals surface area (Å²) in [7, 11) is 3.57. The predicted molar refractivity (Wildman–Crippen MR) is 99.5 cm³/mol. The van der Waals surface area contributed by atoms with Crippen LogP contribution in [-0.2, 0) is 13.5 Å². The van der Waals surface area contributed by atoms with Crippen LogP contribution in [0.5, 0.6) is 5.75 Å². The van der Waals surface area contributed by atoms with Crippen LogP contribution in [0.25, 0.3) is 10.9 Å². The quantitative estimate of drug-likeness (QED) is 0.778. The van der Waals surface area contributed by atoms with Gasteiger partial charge in [0.15, 0.2) is 0 Å². The van der Waals surface area contributed by atoms with Gasteiger partial charge < -0.3 is 14.6 Å². The van der Waals surface area contributed by atoms with Gasteiger partial charge >= 0.3 is 0 Å². The van der Waals surface area contributed by atoms with Crippen LogP contribution in [0.3, 0.4) is 0 Å². The normalized spacial score (nSPS) is 16.7. The Hall–Kier alpha value is -2.34. The molecule has 4 rings (SSSR count). The molecule has 0 aliphatic heterocycles. The van der Waals surface area contributed by atoms with Crippen LogP contribution in [0.15, 0.2) is 24.3 Å². The number of methoxy groups -OCH3 is 1. The van der Waals surface area contributed by atoms with Crippen LogP contribution in [0, 0.1) is 6.92 Å². The van der Waals surface area contributed by atoms with Crippen molar-refractivity contribution < 1.29 is 9.53 Å². The lowest BCUT2D eigenvalue weighted by molar-refractivity contribution is 0.0924. The molecular formula is C19H21N3O2S. The van der Waals surface area contributed by atoms with Crippen LogP contribution >= 0.6 is 11.3 Å². The summed E-state index contributed by atoms with van der Waals surface area (Å²) in [5.74, 6) is 0.737. The van der Waals surface area contributed by atoms with E-state index in [-0.39, 0.29) is 11.9 Å². The molecule has 1 atom stereocenters. The number of rotatable bonds is 3. The summed E-state index contributed by atoms with van der Waals surface area (Å²) in [6, 6.07) is 7.77. The number of nitrogens with one attached hydrogen (secondary N) is 1. The Morgan fingerprint density at radius 3 is 3.04 bits per heavy atom. The van der Waals surface area contributed by atoms with Gasteiger partial charge in [0.25, 0.3) is 5.91 Å². The lowest BCUT2D eigenvalue weighted by Crippen LogP contribution is -2.32. The number of hydrogen-bond acceptors (Lipinski definition) is 4. The number of amides is 1. The maximum absolute atomic E-state index is 12.9. The van der Waals surface area contributed by atoms with Gasteiger partial charge in [-0.25, -0.2) is 4.98 Å². The number of thiazole rings is 1. The summed E-state index contributed by atoms with van der Waals surface area (Å²) in [5.41, 5.74) is 2.73. The Labute approximate surface area is 150 Å². The maximum Gasteiger partial charge on any atom is 0.268 e.